The third kappa shape index (κ3) is 2210. The second-order valence-corrected chi connectivity index (χ2v) is 1.21. The lowest BCUT2D eigenvalue weighted by Gasteiger charge is -1.65. The van der Waals surface area contributed by atoms with Crippen molar-refractivity contribution < 1.29 is 0 Å². The minimum absolute atomic E-state index is 0. The number of allylic oxidation sites excluding steroid dienone is 1. The molecule has 0 aromatic rings. The summed E-state index contributed by atoms with van der Waals surface area (Å²) < 4.78 is 0. The van der Waals surface area contributed by atoms with Crippen LogP contribution < -0.4 is 0 Å². The predicted octanol–water partition coefficient (Wildman–Crippen LogP) is 2.23. The minimum atomic E-state index is 0. The van der Waals surface area contributed by atoms with Crippen molar-refractivity contribution in [2.75, 3.05) is 0 Å². The predicted molar refractivity (Wildman–Crippen MR) is 28.1 cm³/mol. The van der Waals surface area contributed by atoms with Crippen LogP contribution in [0.5, 0.6) is 0 Å². The highest BCUT2D eigenvalue weighted by Gasteiger charge is 1.51. The molecule has 0 saturated carbocycles. The molecular weight excluding hydrogens is 80.1 g/mol. The van der Waals surface area contributed by atoms with E-state index in [9.17, 15) is 0 Å². The van der Waals surface area contributed by atoms with Crippen LogP contribution in [0.2, 0.25) is 0 Å². The number of hydrogen-bond donors (Lipinski definition) is 0. The molecule has 30 valence electrons. The van der Waals surface area contributed by atoms with Crippen LogP contribution >= 0.6 is 13.5 Å². The Labute approximate surface area is 40.3 Å². The van der Waals surface area contributed by atoms with Gasteiger partial charge in [-0.2, -0.15) is 0 Å². The van der Waals surface area contributed by atoms with Gasteiger partial charge >= 0.3 is 0 Å². The summed E-state index contributed by atoms with van der Waals surface area (Å²) in [6.07, 6.45) is 0. The van der Waals surface area contributed by atoms with Crippen LogP contribution in [-0.4, -0.2) is 0 Å². The third-order valence-corrected chi connectivity index (χ3v) is 0. The summed E-state index contributed by atoms with van der Waals surface area (Å²) in [7, 11) is 0. The van der Waals surface area contributed by atoms with Crippen LogP contribution in [-0.2, 0) is 0 Å². The molecule has 0 amide bonds. The molecule has 0 unspecified atom stereocenters. The second kappa shape index (κ2) is 4.09. The van der Waals surface area contributed by atoms with Crippen LogP contribution in [0.15, 0.2) is 12.2 Å². The molecule has 2 radical (unpaired) electrons. The first kappa shape index (κ1) is 8.92. The highest BCUT2D eigenvalue weighted by atomic mass is 32.1. The zero-order valence-electron chi connectivity index (χ0n) is 3.62. The number of rotatable bonds is 0. The Hall–Kier alpha value is 0.0900. The summed E-state index contributed by atoms with van der Waals surface area (Å²) in [4.78, 5) is 0. The largest absolute Gasteiger partial charge is 0.100 e. The van der Waals surface area contributed by atoms with Gasteiger partial charge < -0.3 is 0 Å². The Balaban J connectivity index is 0. The van der Waals surface area contributed by atoms with E-state index in [1.807, 2.05) is 13.8 Å². The van der Waals surface area contributed by atoms with Crippen LogP contribution in [0, 0.1) is 0 Å². The highest BCUT2D eigenvalue weighted by molar-refractivity contribution is 7.59. The van der Waals surface area contributed by atoms with Gasteiger partial charge in [-0.1, -0.05) is 5.57 Å². The highest BCUT2D eigenvalue weighted by Crippen LogP contribution is 1.73. The van der Waals surface area contributed by atoms with Crippen LogP contribution in [0.25, 0.3) is 0 Å². The Morgan fingerprint density at radius 3 is 1.40 bits per heavy atom. The molecule has 0 saturated heterocycles. The van der Waals surface area contributed by atoms with Crippen LogP contribution in [0.4, 0.5) is 0 Å². The minimum Gasteiger partial charge on any atom is -0.100 e. The van der Waals surface area contributed by atoms with Crippen molar-refractivity contribution in [1.29, 1.82) is 0 Å². The fraction of sp³-hybridized carbons (Fsp3) is 0.500. The van der Waals surface area contributed by atoms with E-state index in [0.717, 1.165) is 0 Å². The fourth-order valence-corrected chi connectivity index (χ4v) is 0. The van der Waals surface area contributed by atoms with Crippen molar-refractivity contribution in [2.24, 2.45) is 0 Å². The van der Waals surface area contributed by atoms with Crippen molar-refractivity contribution in [3.63, 3.8) is 0 Å². The molecule has 0 aliphatic carbocycles. The zero-order chi connectivity index (χ0) is 3.58. The topological polar surface area (TPSA) is 0 Å². The van der Waals surface area contributed by atoms with Gasteiger partial charge in [0.15, 0.2) is 0 Å². The summed E-state index contributed by atoms with van der Waals surface area (Å²) in [5, 5.41) is 0. The summed E-state index contributed by atoms with van der Waals surface area (Å²) in [5.41, 5.74) is 1.17. The fourth-order valence-electron chi connectivity index (χ4n) is 0. The molecule has 0 atom stereocenters. The van der Waals surface area contributed by atoms with E-state index in [1.165, 1.54) is 5.57 Å². The first-order valence-electron chi connectivity index (χ1n) is 1.35. The lowest BCUT2D eigenvalue weighted by molar-refractivity contribution is 1.42. The Morgan fingerprint density at radius 1 is 1.40 bits per heavy atom. The van der Waals surface area contributed by atoms with Gasteiger partial charge in [0, 0.05) is 13.5 Å². The third-order valence-electron chi connectivity index (χ3n) is 0. The summed E-state index contributed by atoms with van der Waals surface area (Å²) in [6, 6.07) is 0. The molecule has 0 heterocycles. The molecule has 0 nitrogen and oxygen atoms in total. The van der Waals surface area contributed by atoms with Gasteiger partial charge in [0.25, 0.3) is 0 Å². The lowest BCUT2D eigenvalue weighted by atomic mass is 10.4. The average molecular weight is 88.2 g/mol. The molecule has 0 aromatic heterocycles. The standard InChI is InChI=1S/C4H8.S/c1-4(2)3;/h1H2,2-3H3;. The maximum absolute atomic E-state index is 3.56. The Kier molecular flexibility index (Phi) is 7.29. The summed E-state index contributed by atoms with van der Waals surface area (Å²) in [5.74, 6) is 0. The first-order chi connectivity index (χ1) is 1.73. The molecule has 0 bridgehead atoms. The lowest BCUT2D eigenvalue weighted by Crippen LogP contribution is -1.43. The summed E-state index contributed by atoms with van der Waals surface area (Å²) >= 11 is 0. The molecule has 1 heteroatoms. The molecule has 0 N–H and O–H groups in total. The van der Waals surface area contributed by atoms with Crippen molar-refractivity contribution in [3.05, 3.63) is 12.2 Å². The van der Waals surface area contributed by atoms with Crippen LogP contribution in [0.1, 0.15) is 13.8 Å². The molecule has 0 aliphatic heterocycles. The first-order valence-corrected chi connectivity index (χ1v) is 1.35. The second-order valence-electron chi connectivity index (χ2n) is 1.21. The molecule has 0 aliphatic rings. The molecule has 0 spiro atoms. The smallest absolute Gasteiger partial charge is 0 e. The molecular formula is C4H8S. The normalized spacial score (nSPS) is 5.20. The Bertz CT molecular complexity index is 26.6. The van der Waals surface area contributed by atoms with E-state index in [-0.39, 0.29) is 13.5 Å². The van der Waals surface area contributed by atoms with E-state index in [4.69, 9.17) is 0 Å². The van der Waals surface area contributed by atoms with Gasteiger partial charge in [-0.3, -0.25) is 0 Å². The SMILES string of the molecule is C=C(C)C.[S]. The maximum atomic E-state index is 3.56. The quantitative estimate of drug-likeness (QED) is 0.398. The molecule has 5 heavy (non-hydrogen) atoms. The summed E-state index contributed by atoms with van der Waals surface area (Å²) in [6.45, 7) is 7.50. The van der Waals surface area contributed by atoms with Gasteiger partial charge in [-0.05, 0) is 13.8 Å². The average Bonchev–Trinajstić information content (AvgIpc) is 0.811. The van der Waals surface area contributed by atoms with E-state index in [0.29, 0.717) is 0 Å². The van der Waals surface area contributed by atoms with Crippen molar-refractivity contribution in [1.82, 2.24) is 0 Å². The monoisotopic (exact) mass is 88.0 g/mol. The van der Waals surface area contributed by atoms with Gasteiger partial charge in [0.1, 0.15) is 0 Å². The van der Waals surface area contributed by atoms with Gasteiger partial charge in [0.2, 0.25) is 0 Å². The zero-order valence-corrected chi connectivity index (χ0v) is 4.43. The van der Waals surface area contributed by atoms with Crippen molar-refractivity contribution in [3.8, 4) is 0 Å². The van der Waals surface area contributed by atoms with Gasteiger partial charge in [-0.15, -0.1) is 6.58 Å². The molecule has 0 fully saturated rings. The van der Waals surface area contributed by atoms with E-state index in [1.54, 1.807) is 0 Å². The van der Waals surface area contributed by atoms with Gasteiger partial charge in [0.05, 0.1) is 0 Å². The number of hydrogen-bond acceptors (Lipinski definition) is 0. The van der Waals surface area contributed by atoms with Gasteiger partial charge in [-0.25, -0.2) is 0 Å². The molecule has 0 rings (SSSR count). The van der Waals surface area contributed by atoms with E-state index < -0.39 is 0 Å². The maximum Gasteiger partial charge on any atom is 0 e. The van der Waals surface area contributed by atoms with Crippen molar-refractivity contribution >= 4 is 13.5 Å². The Morgan fingerprint density at radius 2 is 1.40 bits per heavy atom. The van der Waals surface area contributed by atoms with E-state index in [2.05, 4.69) is 6.58 Å². The molecule has 0 aromatic carbocycles. The van der Waals surface area contributed by atoms with E-state index >= 15 is 0 Å². The van der Waals surface area contributed by atoms with Crippen LogP contribution in [0.3, 0.4) is 0 Å². The van der Waals surface area contributed by atoms with Crippen molar-refractivity contribution in [2.45, 2.75) is 13.8 Å².